The lowest BCUT2D eigenvalue weighted by Crippen LogP contribution is -2.36. The van der Waals surface area contributed by atoms with Gasteiger partial charge in [-0.2, -0.15) is 5.10 Å². The number of hydrogen-bond acceptors (Lipinski definition) is 4. The first-order valence-electron chi connectivity index (χ1n) is 6.14. The van der Waals surface area contributed by atoms with Crippen LogP contribution in [0.3, 0.4) is 0 Å². The molecule has 0 radical (unpaired) electrons. The second-order valence-corrected chi connectivity index (χ2v) is 4.53. The quantitative estimate of drug-likeness (QED) is 0.813. The van der Waals surface area contributed by atoms with Gasteiger partial charge in [0, 0.05) is 19.9 Å². The SMILES string of the molecule is CO[C@@H]1CN(C(=O)c2ccco2)Cc2ccnn2C1. The van der Waals surface area contributed by atoms with E-state index < -0.39 is 0 Å². The number of carbonyl (C=O) groups excluding carboxylic acids is 1. The van der Waals surface area contributed by atoms with Gasteiger partial charge in [0.05, 0.1) is 31.2 Å². The Morgan fingerprint density at radius 2 is 2.37 bits per heavy atom. The van der Waals surface area contributed by atoms with Crippen molar-refractivity contribution in [1.82, 2.24) is 14.7 Å². The van der Waals surface area contributed by atoms with Gasteiger partial charge in [0.25, 0.3) is 5.91 Å². The molecule has 0 spiro atoms. The maximum atomic E-state index is 12.4. The van der Waals surface area contributed by atoms with Gasteiger partial charge in [-0.05, 0) is 18.2 Å². The van der Waals surface area contributed by atoms with E-state index in [1.165, 1.54) is 6.26 Å². The van der Waals surface area contributed by atoms with Crippen LogP contribution >= 0.6 is 0 Å². The number of ether oxygens (including phenoxy) is 1. The Balaban J connectivity index is 1.87. The fraction of sp³-hybridized carbons (Fsp3) is 0.385. The summed E-state index contributed by atoms with van der Waals surface area (Å²) in [5.41, 5.74) is 0.999. The minimum absolute atomic E-state index is 0.0694. The molecule has 0 saturated heterocycles. The van der Waals surface area contributed by atoms with Crippen LogP contribution in [-0.2, 0) is 17.8 Å². The molecule has 6 nitrogen and oxygen atoms in total. The van der Waals surface area contributed by atoms with Crippen LogP contribution in [0.5, 0.6) is 0 Å². The highest BCUT2D eigenvalue weighted by Crippen LogP contribution is 2.16. The molecule has 3 heterocycles. The van der Waals surface area contributed by atoms with Crippen LogP contribution < -0.4 is 0 Å². The van der Waals surface area contributed by atoms with Gasteiger partial charge < -0.3 is 14.1 Å². The largest absolute Gasteiger partial charge is 0.459 e. The minimum Gasteiger partial charge on any atom is -0.459 e. The second kappa shape index (κ2) is 4.89. The number of hydrogen-bond donors (Lipinski definition) is 0. The third-order valence-corrected chi connectivity index (χ3v) is 3.31. The van der Waals surface area contributed by atoms with E-state index in [4.69, 9.17) is 9.15 Å². The van der Waals surface area contributed by atoms with Gasteiger partial charge in [-0.25, -0.2) is 0 Å². The third-order valence-electron chi connectivity index (χ3n) is 3.31. The Morgan fingerprint density at radius 1 is 1.47 bits per heavy atom. The van der Waals surface area contributed by atoms with Gasteiger partial charge in [-0.3, -0.25) is 9.48 Å². The van der Waals surface area contributed by atoms with Crippen molar-refractivity contribution in [3.8, 4) is 0 Å². The molecule has 1 amide bonds. The monoisotopic (exact) mass is 261 g/mol. The topological polar surface area (TPSA) is 60.5 Å². The number of methoxy groups -OCH3 is 1. The van der Waals surface area contributed by atoms with Gasteiger partial charge in [-0.1, -0.05) is 0 Å². The van der Waals surface area contributed by atoms with Crippen LogP contribution in [0.25, 0.3) is 0 Å². The average Bonchev–Trinajstić information content (AvgIpc) is 3.06. The summed E-state index contributed by atoms with van der Waals surface area (Å²) in [5, 5.41) is 4.25. The molecule has 100 valence electrons. The molecule has 0 aliphatic carbocycles. The van der Waals surface area contributed by atoms with Gasteiger partial charge in [0.15, 0.2) is 5.76 Å². The number of rotatable bonds is 2. The van der Waals surface area contributed by atoms with Crippen molar-refractivity contribution in [2.45, 2.75) is 19.2 Å². The van der Waals surface area contributed by atoms with E-state index in [1.54, 1.807) is 30.3 Å². The zero-order valence-corrected chi connectivity index (χ0v) is 10.7. The maximum Gasteiger partial charge on any atom is 0.289 e. The molecule has 0 fully saturated rings. The zero-order valence-electron chi connectivity index (χ0n) is 10.7. The van der Waals surface area contributed by atoms with Gasteiger partial charge in [0.1, 0.15) is 0 Å². The predicted octanol–water partition coefficient (Wildman–Crippen LogP) is 1.15. The fourth-order valence-corrected chi connectivity index (χ4v) is 2.28. The lowest BCUT2D eigenvalue weighted by Gasteiger charge is -2.22. The first kappa shape index (κ1) is 12.0. The molecule has 1 aliphatic rings. The van der Waals surface area contributed by atoms with Crippen molar-refractivity contribution in [2.24, 2.45) is 0 Å². The van der Waals surface area contributed by atoms with Crippen LogP contribution in [-0.4, -0.2) is 40.3 Å². The lowest BCUT2D eigenvalue weighted by molar-refractivity contribution is 0.0430. The molecule has 0 aromatic carbocycles. The van der Waals surface area contributed by atoms with Crippen molar-refractivity contribution in [2.75, 3.05) is 13.7 Å². The Hall–Kier alpha value is -2.08. The van der Waals surface area contributed by atoms with E-state index in [0.717, 1.165) is 5.69 Å². The summed E-state index contributed by atoms with van der Waals surface area (Å²) < 4.78 is 12.5. The van der Waals surface area contributed by atoms with Crippen molar-refractivity contribution in [1.29, 1.82) is 0 Å². The van der Waals surface area contributed by atoms with Gasteiger partial charge in [-0.15, -0.1) is 0 Å². The van der Waals surface area contributed by atoms with Crippen LogP contribution in [0.15, 0.2) is 35.1 Å². The Labute approximate surface area is 110 Å². The first-order valence-corrected chi connectivity index (χ1v) is 6.14. The summed E-state index contributed by atoms with van der Waals surface area (Å²) in [6, 6.07) is 5.30. The zero-order chi connectivity index (χ0) is 13.2. The third kappa shape index (κ3) is 2.26. The van der Waals surface area contributed by atoms with Crippen LogP contribution in [0.2, 0.25) is 0 Å². The average molecular weight is 261 g/mol. The summed E-state index contributed by atoms with van der Waals surface area (Å²) >= 11 is 0. The number of amides is 1. The highest BCUT2D eigenvalue weighted by Gasteiger charge is 2.27. The number of carbonyl (C=O) groups is 1. The first-order chi connectivity index (χ1) is 9.28. The molecule has 0 saturated carbocycles. The van der Waals surface area contributed by atoms with Crippen molar-refractivity contribution in [3.05, 3.63) is 42.1 Å². The standard InChI is InChI=1S/C13H15N3O3/c1-18-11-8-15(13(17)12-3-2-6-19-12)7-10-4-5-14-16(10)9-11/h2-6,11H,7-9H2,1H3/t11-/m1/s1. The molecule has 3 rings (SSSR count). The summed E-state index contributed by atoms with van der Waals surface area (Å²) in [5.74, 6) is 0.226. The van der Waals surface area contributed by atoms with Crippen LogP contribution in [0.1, 0.15) is 16.2 Å². The molecule has 19 heavy (non-hydrogen) atoms. The lowest BCUT2D eigenvalue weighted by atomic mass is 10.3. The summed E-state index contributed by atoms with van der Waals surface area (Å²) in [4.78, 5) is 14.1. The smallest absolute Gasteiger partial charge is 0.289 e. The summed E-state index contributed by atoms with van der Waals surface area (Å²) in [6.45, 7) is 1.69. The number of nitrogens with zero attached hydrogens (tertiary/aromatic N) is 3. The van der Waals surface area contributed by atoms with Crippen molar-refractivity contribution in [3.63, 3.8) is 0 Å². The van der Waals surface area contributed by atoms with Gasteiger partial charge >= 0.3 is 0 Å². The Morgan fingerprint density at radius 3 is 3.11 bits per heavy atom. The Kier molecular flexibility index (Phi) is 3.08. The normalized spacial score (nSPS) is 19.0. The number of aromatic nitrogens is 2. The van der Waals surface area contributed by atoms with Gasteiger partial charge in [0.2, 0.25) is 0 Å². The molecular formula is C13H15N3O3. The highest BCUT2D eigenvalue weighted by atomic mass is 16.5. The maximum absolute atomic E-state index is 12.4. The molecule has 6 heteroatoms. The van der Waals surface area contributed by atoms with E-state index in [-0.39, 0.29) is 12.0 Å². The summed E-state index contributed by atoms with van der Waals surface area (Å²) in [6.07, 6.45) is 3.17. The molecule has 1 aliphatic heterocycles. The van der Waals surface area contributed by atoms with Crippen molar-refractivity contribution >= 4 is 5.91 Å². The summed E-state index contributed by atoms with van der Waals surface area (Å²) in [7, 11) is 1.65. The predicted molar refractivity (Wildman–Crippen MR) is 66.5 cm³/mol. The van der Waals surface area contributed by atoms with E-state index in [0.29, 0.717) is 25.4 Å². The van der Waals surface area contributed by atoms with Crippen LogP contribution in [0.4, 0.5) is 0 Å². The molecule has 0 N–H and O–H groups in total. The van der Waals surface area contributed by atoms with Crippen LogP contribution in [0, 0.1) is 0 Å². The van der Waals surface area contributed by atoms with E-state index in [1.807, 2.05) is 10.7 Å². The number of fused-ring (bicyclic) bond motifs is 1. The highest BCUT2D eigenvalue weighted by molar-refractivity contribution is 5.91. The van der Waals surface area contributed by atoms with E-state index >= 15 is 0 Å². The van der Waals surface area contributed by atoms with E-state index in [2.05, 4.69) is 5.10 Å². The molecule has 1 atom stereocenters. The molecule has 0 unspecified atom stereocenters. The molecule has 2 aromatic heterocycles. The molecule has 2 aromatic rings. The Bertz CT molecular complexity index is 561. The fourth-order valence-electron chi connectivity index (χ4n) is 2.28. The molecule has 0 bridgehead atoms. The number of furan rings is 1. The van der Waals surface area contributed by atoms with Crippen molar-refractivity contribution < 1.29 is 13.9 Å². The second-order valence-electron chi connectivity index (χ2n) is 4.53. The minimum atomic E-state index is -0.123. The van der Waals surface area contributed by atoms with E-state index in [9.17, 15) is 4.79 Å². The molecular weight excluding hydrogens is 246 g/mol.